The molecule has 1 amide bonds. The van der Waals surface area contributed by atoms with Gasteiger partial charge in [-0.25, -0.2) is 0 Å². The predicted molar refractivity (Wildman–Crippen MR) is 94.5 cm³/mol. The van der Waals surface area contributed by atoms with Crippen LogP contribution in [-0.4, -0.2) is 11.9 Å². The smallest absolute Gasteiger partial charge is 0.224 e. The summed E-state index contributed by atoms with van der Waals surface area (Å²) in [5.74, 6) is 0.128. The molecule has 1 atom stereocenters. The van der Waals surface area contributed by atoms with Crippen LogP contribution in [0.5, 0.6) is 0 Å². The first kappa shape index (κ1) is 15.8. The van der Waals surface area contributed by atoms with Crippen molar-refractivity contribution in [2.45, 2.75) is 51.5 Å². The number of hydrogen-bond donors (Lipinski definition) is 1. The zero-order valence-electron chi connectivity index (χ0n) is 13.8. The van der Waals surface area contributed by atoms with Crippen molar-refractivity contribution in [2.75, 3.05) is 0 Å². The second kappa shape index (κ2) is 7.45. The normalized spacial score (nSPS) is 14.3. The van der Waals surface area contributed by atoms with Crippen LogP contribution < -0.4 is 5.32 Å². The minimum Gasteiger partial charge on any atom is -0.353 e. The highest BCUT2D eigenvalue weighted by atomic mass is 16.1. The van der Waals surface area contributed by atoms with Gasteiger partial charge < -0.3 is 5.32 Å². The highest BCUT2D eigenvalue weighted by Gasteiger charge is 2.13. The third-order valence-electron chi connectivity index (χ3n) is 4.64. The molecule has 2 aromatic rings. The predicted octanol–water partition coefficient (Wildman–Crippen LogP) is 3.86. The molecule has 2 nitrogen and oxygen atoms in total. The largest absolute Gasteiger partial charge is 0.353 e. The molecule has 0 aliphatic heterocycles. The molecule has 0 heterocycles. The average molecular weight is 307 g/mol. The summed E-state index contributed by atoms with van der Waals surface area (Å²) < 4.78 is 0. The first-order chi connectivity index (χ1) is 11.2. The zero-order valence-corrected chi connectivity index (χ0v) is 13.8. The van der Waals surface area contributed by atoms with E-state index in [9.17, 15) is 4.79 Å². The van der Waals surface area contributed by atoms with Crippen LogP contribution >= 0.6 is 0 Å². The number of rotatable bonds is 6. The number of carbonyl (C=O) groups is 1. The van der Waals surface area contributed by atoms with Crippen LogP contribution in [0.15, 0.2) is 48.5 Å². The van der Waals surface area contributed by atoms with Crippen LogP contribution in [0.2, 0.25) is 0 Å². The first-order valence-corrected chi connectivity index (χ1v) is 8.64. The molecule has 1 unspecified atom stereocenters. The second-order valence-corrected chi connectivity index (χ2v) is 6.63. The molecule has 1 aliphatic rings. The summed E-state index contributed by atoms with van der Waals surface area (Å²) in [5, 5.41) is 3.13. The summed E-state index contributed by atoms with van der Waals surface area (Å²) in [6.45, 7) is 2.09. The van der Waals surface area contributed by atoms with Crippen LogP contribution in [0.1, 0.15) is 42.0 Å². The molecule has 1 N–H and O–H groups in total. The molecule has 0 saturated heterocycles. The fourth-order valence-corrected chi connectivity index (χ4v) is 3.35. The molecule has 1 aliphatic carbocycles. The SMILES string of the molecule is CC(CCc1ccccc1)NC(=O)Cc1ccc2c(c1)CCC2. The van der Waals surface area contributed by atoms with Crippen LogP contribution in [0.25, 0.3) is 0 Å². The Bertz CT molecular complexity index is 663. The minimum atomic E-state index is 0.128. The number of aryl methyl sites for hydroxylation is 3. The fourth-order valence-electron chi connectivity index (χ4n) is 3.35. The molecule has 2 heteroatoms. The summed E-state index contributed by atoms with van der Waals surface area (Å²) in [7, 11) is 0. The van der Waals surface area contributed by atoms with E-state index in [1.54, 1.807) is 0 Å². The van der Waals surface area contributed by atoms with Crippen LogP contribution in [0, 0.1) is 0 Å². The van der Waals surface area contributed by atoms with Crippen LogP contribution in [-0.2, 0) is 30.5 Å². The first-order valence-electron chi connectivity index (χ1n) is 8.64. The van der Waals surface area contributed by atoms with Gasteiger partial charge in [0.15, 0.2) is 0 Å². The Balaban J connectivity index is 1.47. The maximum absolute atomic E-state index is 12.2. The van der Waals surface area contributed by atoms with E-state index in [1.807, 2.05) is 6.07 Å². The second-order valence-electron chi connectivity index (χ2n) is 6.63. The number of carbonyl (C=O) groups excluding carboxylic acids is 1. The Morgan fingerprint density at radius 2 is 1.83 bits per heavy atom. The summed E-state index contributed by atoms with van der Waals surface area (Å²) >= 11 is 0. The van der Waals surface area contributed by atoms with E-state index < -0.39 is 0 Å². The van der Waals surface area contributed by atoms with Gasteiger partial charge in [-0.1, -0.05) is 48.5 Å². The molecular formula is C21H25NO. The van der Waals surface area contributed by atoms with Gasteiger partial charge in [-0.05, 0) is 61.3 Å². The molecule has 0 spiro atoms. The van der Waals surface area contributed by atoms with Crippen molar-refractivity contribution in [1.29, 1.82) is 0 Å². The van der Waals surface area contributed by atoms with E-state index in [4.69, 9.17) is 0 Å². The molecule has 23 heavy (non-hydrogen) atoms. The van der Waals surface area contributed by atoms with E-state index in [0.717, 1.165) is 24.8 Å². The van der Waals surface area contributed by atoms with Crippen LogP contribution in [0.3, 0.4) is 0 Å². The molecule has 2 aromatic carbocycles. The standard InChI is InChI=1S/C21H25NO/c1-16(10-11-17-6-3-2-4-7-17)22-21(23)15-18-12-13-19-8-5-9-20(19)14-18/h2-4,6-7,12-14,16H,5,8-11,15H2,1H3,(H,22,23). The summed E-state index contributed by atoms with van der Waals surface area (Å²) in [4.78, 5) is 12.2. The number of amides is 1. The monoisotopic (exact) mass is 307 g/mol. The van der Waals surface area contributed by atoms with Crippen molar-refractivity contribution >= 4 is 5.91 Å². The number of hydrogen-bond acceptors (Lipinski definition) is 1. The van der Waals surface area contributed by atoms with E-state index >= 15 is 0 Å². The zero-order chi connectivity index (χ0) is 16.1. The van der Waals surface area contributed by atoms with Gasteiger partial charge in [-0.2, -0.15) is 0 Å². The van der Waals surface area contributed by atoms with E-state index in [0.29, 0.717) is 6.42 Å². The van der Waals surface area contributed by atoms with Crippen molar-refractivity contribution in [1.82, 2.24) is 5.32 Å². The van der Waals surface area contributed by atoms with Gasteiger partial charge in [0.25, 0.3) is 0 Å². The van der Waals surface area contributed by atoms with Gasteiger partial charge in [0.2, 0.25) is 5.91 Å². The van der Waals surface area contributed by atoms with Crippen molar-refractivity contribution in [2.24, 2.45) is 0 Å². The molecule has 0 radical (unpaired) electrons. The highest BCUT2D eigenvalue weighted by Crippen LogP contribution is 2.23. The van der Waals surface area contributed by atoms with Gasteiger partial charge in [0.05, 0.1) is 6.42 Å². The van der Waals surface area contributed by atoms with Gasteiger partial charge in [0, 0.05) is 6.04 Å². The molecule has 0 bridgehead atoms. The van der Waals surface area contributed by atoms with E-state index in [-0.39, 0.29) is 11.9 Å². The van der Waals surface area contributed by atoms with Crippen molar-refractivity contribution in [3.8, 4) is 0 Å². The quantitative estimate of drug-likeness (QED) is 0.863. The Kier molecular flexibility index (Phi) is 5.12. The molecule has 120 valence electrons. The molecule has 0 fully saturated rings. The maximum atomic E-state index is 12.2. The maximum Gasteiger partial charge on any atom is 0.224 e. The summed E-state index contributed by atoms with van der Waals surface area (Å²) in [6.07, 6.45) is 6.07. The van der Waals surface area contributed by atoms with Crippen molar-refractivity contribution < 1.29 is 4.79 Å². The van der Waals surface area contributed by atoms with Gasteiger partial charge in [0.1, 0.15) is 0 Å². The van der Waals surface area contributed by atoms with Crippen molar-refractivity contribution in [3.63, 3.8) is 0 Å². The molecule has 3 rings (SSSR count). The Morgan fingerprint density at radius 3 is 2.65 bits per heavy atom. The fraction of sp³-hybridized carbons (Fsp3) is 0.381. The van der Waals surface area contributed by atoms with Gasteiger partial charge in [-0.3, -0.25) is 4.79 Å². The van der Waals surface area contributed by atoms with E-state index in [1.165, 1.54) is 29.5 Å². The average Bonchev–Trinajstić information content (AvgIpc) is 3.01. The number of nitrogens with one attached hydrogen (secondary N) is 1. The molecule has 0 saturated carbocycles. The Morgan fingerprint density at radius 1 is 1.04 bits per heavy atom. The van der Waals surface area contributed by atoms with E-state index in [2.05, 4.69) is 54.7 Å². The van der Waals surface area contributed by atoms with Crippen molar-refractivity contribution in [3.05, 3.63) is 70.8 Å². The number of benzene rings is 2. The Labute approximate surface area is 138 Å². The lowest BCUT2D eigenvalue weighted by molar-refractivity contribution is -0.121. The molecule has 0 aromatic heterocycles. The number of fused-ring (bicyclic) bond motifs is 1. The minimum absolute atomic E-state index is 0.128. The lowest BCUT2D eigenvalue weighted by Gasteiger charge is -2.14. The highest BCUT2D eigenvalue weighted by molar-refractivity contribution is 5.78. The summed E-state index contributed by atoms with van der Waals surface area (Å²) in [5.41, 5.74) is 5.36. The summed E-state index contributed by atoms with van der Waals surface area (Å²) in [6, 6.07) is 17.2. The third-order valence-corrected chi connectivity index (χ3v) is 4.64. The lowest BCUT2D eigenvalue weighted by atomic mass is 10.0. The van der Waals surface area contributed by atoms with Gasteiger partial charge >= 0.3 is 0 Å². The Hall–Kier alpha value is -2.09. The third kappa shape index (κ3) is 4.44. The van der Waals surface area contributed by atoms with Gasteiger partial charge in [-0.15, -0.1) is 0 Å². The van der Waals surface area contributed by atoms with Crippen LogP contribution in [0.4, 0.5) is 0 Å². The molecular weight excluding hydrogens is 282 g/mol. The lowest BCUT2D eigenvalue weighted by Crippen LogP contribution is -2.34. The topological polar surface area (TPSA) is 29.1 Å².